The molecule has 0 aliphatic carbocycles. The first-order chi connectivity index (χ1) is 15.1. The van der Waals surface area contributed by atoms with Gasteiger partial charge in [-0.15, -0.1) is 10.2 Å². The Hall–Kier alpha value is -3.55. The molecule has 0 fully saturated rings. The van der Waals surface area contributed by atoms with Gasteiger partial charge in [0.15, 0.2) is 0 Å². The van der Waals surface area contributed by atoms with Crippen molar-refractivity contribution < 1.29 is 14.3 Å². The molecule has 0 spiro atoms. The molecular formula is C23H27N5O3. The minimum absolute atomic E-state index is 0.0269. The second-order valence-electron chi connectivity index (χ2n) is 7.40. The number of nitrogens with zero attached hydrogens (tertiary/aromatic N) is 3. The molecule has 2 atom stereocenters. The van der Waals surface area contributed by atoms with Gasteiger partial charge in [0.2, 0.25) is 0 Å². The lowest BCUT2D eigenvalue weighted by molar-refractivity contribution is -0.147. The molecule has 8 heteroatoms. The molecule has 1 heterocycles. The fourth-order valence-corrected chi connectivity index (χ4v) is 3.40. The van der Waals surface area contributed by atoms with Crippen LogP contribution in [-0.2, 0) is 16.0 Å². The zero-order valence-corrected chi connectivity index (χ0v) is 17.7. The minimum atomic E-state index is -0.422. The van der Waals surface area contributed by atoms with E-state index in [-0.39, 0.29) is 23.8 Å². The summed E-state index contributed by atoms with van der Waals surface area (Å²) in [5, 5.41) is 16.1. The van der Waals surface area contributed by atoms with E-state index in [1.165, 1.54) is 5.56 Å². The lowest BCUT2D eigenvalue weighted by atomic mass is 9.95. The first kappa shape index (κ1) is 22.1. The lowest BCUT2D eigenvalue weighted by Crippen LogP contribution is -2.38. The van der Waals surface area contributed by atoms with Gasteiger partial charge in [-0.05, 0) is 48.1 Å². The summed E-state index contributed by atoms with van der Waals surface area (Å²) in [7, 11) is 0. The molecule has 0 radical (unpaired) electrons. The Labute approximate surface area is 181 Å². The third-order valence-corrected chi connectivity index (χ3v) is 5.05. The number of nitrogens with one attached hydrogen (secondary N) is 2. The quantitative estimate of drug-likeness (QED) is 0.487. The standard InChI is InChI=1S/C23H27N5O3/c1-3-31-23(30)16(2)15-20(24-22(29)21-25-27-28-26-21)14-11-17-9-12-19(13-10-17)18-7-5-4-6-8-18/h4-10,12-13,16,20H,3,11,14-15H2,1-2H3,(H,24,29)(H,25,26,27,28)/t16-,20-/m1/s1. The van der Waals surface area contributed by atoms with E-state index in [4.69, 9.17) is 4.74 Å². The van der Waals surface area contributed by atoms with Gasteiger partial charge < -0.3 is 10.1 Å². The summed E-state index contributed by atoms with van der Waals surface area (Å²) < 4.78 is 5.11. The number of ether oxygens (including phenoxy) is 1. The van der Waals surface area contributed by atoms with Crippen LogP contribution >= 0.6 is 0 Å². The van der Waals surface area contributed by atoms with Crippen molar-refractivity contribution in [3.8, 4) is 11.1 Å². The largest absolute Gasteiger partial charge is 0.466 e. The molecule has 0 saturated carbocycles. The fourth-order valence-electron chi connectivity index (χ4n) is 3.40. The minimum Gasteiger partial charge on any atom is -0.466 e. The Kier molecular flexibility index (Phi) is 7.86. The van der Waals surface area contributed by atoms with E-state index >= 15 is 0 Å². The molecule has 2 aromatic carbocycles. The Morgan fingerprint density at radius 1 is 1.06 bits per heavy atom. The normalized spacial score (nSPS) is 12.7. The Morgan fingerprint density at radius 3 is 2.42 bits per heavy atom. The van der Waals surface area contributed by atoms with Crippen LogP contribution in [0.15, 0.2) is 54.6 Å². The van der Waals surface area contributed by atoms with Gasteiger partial charge in [-0.3, -0.25) is 9.59 Å². The summed E-state index contributed by atoms with van der Waals surface area (Å²) in [5.74, 6) is -1.06. The summed E-state index contributed by atoms with van der Waals surface area (Å²) in [4.78, 5) is 24.5. The summed E-state index contributed by atoms with van der Waals surface area (Å²) in [6.07, 6.45) is 1.88. The molecule has 2 N–H and O–H groups in total. The van der Waals surface area contributed by atoms with Crippen molar-refractivity contribution in [2.45, 2.75) is 39.2 Å². The summed E-state index contributed by atoms with van der Waals surface area (Å²) in [6.45, 7) is 3.91. The van der Waals surface area contributed by atoms with Crippen molar-refractivity contribution in [2.24, 2.45) is 5.92 Å². The lowest BCUT2D eigenvalue weighted by Gasteiger charge is -2.21. The Balaban J connectivity index is 1.64. The average molecular weight is 422 g/mol. The fraction of sp³-hybridized carbons (Fsp3) is 0.348. The number of aryl methyl sites for hydroxylation is 1. The highest BCUT2D eigenvalue weighted by molar-refractivity contribution is 5.90. The van der Waals surface area contributed by atoms with Gasteiger partial charge >= 0.3 is 5.97 Å². The first-order valence-electron chi connectivity index (χ1n) is 10.4. The van der Waals surface area contributed by atoms with Crippen molar-refractivity contribution in [3.05, 3.63) is 66.0 Å². The van der Waals surface area contributed by atoms with Crippen molar-refractivity contribution in [2.75, 3.05) is 6.61 Å². The van der Waals surface area contributed by atoms with Gasteiger partial charge in [-0.2, -0.15) is 5.21 Å². The summed E-state index contributed by atoms with van der Waals surface area (Å²) in [6, 6.07) is 18.3. The molecule has 31 heavy (non-hydrogen) atoms. The highest BCUT2D eigenvalue weighted by atomic mass is 16.5. The monoisotopic (exact) mass is 421 g/mol. The van der Waals surface area contributed by atoms with Crippen LogP contribution in [-0.4, -0.2) is 45.1 Å². The molecule has 0 saturated heterocycles. The van der Waals surface area contributed by atoms with E-state index in [0.29, 0.717) is 19.4 Å². The van der Waals surface area contributed by atoms with Crippen LogP contribution in [0.3, 0.4) is 0 Å². The summed E-state index contributed by atoms with van der Waals surface area (Å²) in [5.41, 5.74) is 3.48. The number of esters is 1. The number of amides is 1. The van der Waals surface area contributed by atoms with Crippen molar-refractivity contribution in [1.82, 2.24) is 25.9 Å². The number of hydrogen-bond acceptors (Lipinski definition) is 6. The third-order valence-electron chi connectivity index (χ3n) is 5.05. The molecule has 8 nitrogen and oxygen atoms in total. The van der Waals surface area contributed by atoms with Gasteiger partial charge in [-0.1, -0.05) is 61.5 Å². The molecule has 3 rings (SSSR count). The number of carbonyl (C=O) groups excluding carboxylic acids is 2. The topological polar surface area (TPSA) is 110 Å². The van der Waals surface area contributed by atoms with E-state index in [9.17, 15) is 9.59 Å². The number of rotatable bonds is 10. The smallest absolute Gasteiger partial charge is 0.308 e. The SMILES string of the molecule is CCOC(=O)[C@H](C)C[C@@H](CCc1ccc(-c2ccccc2)cc1)NC(=O)c1nn[nH]n1. The van der Waals surface area contributed by atoms with E-state index in [1.807, 2.05) is 18.2 Å². The van der Waals surface area contributed by atoms with E-state index in [1.54, 1.807) is 13.8 Å². The number of aromatic amines is 1. The van der Waals surface area contributed by atoms with Crippen LogP contribution in [0.1, 0.15) is 42.9 Å². The van der Waals surface area contributed by atoms with Crippen LogP contribution in [0.25, 0.3) is 11.1 Å². The van der Waals surface area contributed by atoms with Crippen LogP contribution in [0.5, 0.6) is 0 Å². The average Bonchev–Trinajstić information content (AvgIpc) is 3.34. The van der Waals surface area contributed by atoms with E-state index in [2.05, 4.69) is 62.3 Å². The van der Waals surface area contributed by atoms with Gasteiger partial charge in [0.05, 0.1) is 12.5 Å². The zero-order chi connectivity index (χ0) is 22.1. The second kappa shape index (κ2) is 11.0. The predicted molar refractivity (Wildman–Crippen MR) is 116 cm³/mol. The van der Waals surface area contributed by atoms with Gasteiger partial charge in [0.1, 0.15) is 0 Å². The number of benzene rings is 2. The molecule has 3 aromatic rings. The predicted octanol–water partition coefficient (Wildman–Crippen LogP) is 3.19. The van der Waals surface area contributed by atoms with Crippen LogP contribution in [0.4, 0.5) is 0 Å². The van der Waals surface area contributed by atoms with Crippen LogP contribution in [0, 0.1) is 5.92 Å². The number of tetrazole rings is 1. The molecular weight excluding hydrogens is 394 g/mol. The van der Waals surface area contributed by atoms with Gasteiger partial charge in [0.25, 0.3) is 11.7 Å². The third kappa shape index (κ3) is 6.47. The molecule has 0 unspecified atom stereocenters. The number of H-pyrrole nitrogens is 1. The number of hydrogen-bond donors (Lipinski definition) is 2. The highest BCUT2D eigenvalue weighted by Crippen LogP contribution is 2.20. The van der Waals surface area contributed by atoms with Gasteiger partial charge in [-0.25, -0.2) is 0 Å². The van der Waals surface area contributed by atoms with Crippen LogP contribution in [0.2, 0.25) is 0 Å². The highest BCUT2D eigenvalue weighted by Gasteiger charge is 2.23. The van der Waals surface area contributed by atoms with Crippen molar-refractivity contribution in [3.63, 3.8) is 0 Å². The van der Waals surface area contributed by atoms with Crippen molar-refractivity contribution >= 4 is 11.9 Å². The number of aromatic nitrogens is 4. The van der Waals surface area contributed by atoms with E-state index in [0.717, 1.165) is 17.5 Å². The molecule has 1 amide bonds. The van der Waals surface area contributed by atoms with Gasteiger partial charge in [0, 0.05) is 6.04 Å². The molecule has 0 aliphatic heterocycles. The maximum Gasteiger partial charge on any atom is 0.308 e. The van der Waals surface area contributed by atoms with Crippen LogP contribution < -0.4 is 5.32 Å². The zero-order valence-electron chi connectivity index (χ0n) is 17.7. The maximum atomic E-state index is 12.4. The first-order valence-corrected chi connectivity index (χ1v) is 10.4. The molecule has 1 aromatic heterocycles. The second-order valence-corrected chi connectivity index (χ2v) is 7.40. The van der Waals surface area contributed by atoms with Crippen molar-refractivity contribution in [1.29, 1.82) is 0 Å². The molecule has 162 valence electrons. The Morgan fingerprint density at radius 2 is 1.77 bits per heavy atom. The van der Waals surface area contributed by atoms with E-state index < -0.39 is 5.91 Å². The molecule has 0 bridgehead atoms. The number of carbonyl (C=O) groups is 2. The maximum absolute atomic E-state index is 12.4. The Bertz CT molecular complexity index is 959. The summed E-state index contributed by atoms with van der Waals surface area (Å²) >= 11 is 0. The molecule has 0 aliphatic rings.